The number of rotatable bonds is 5. The van der Waals surface area contributed by atoms with Crippen LogP contribution in [-0.4, -0.2) is 20.8 Å². The number of unbranched alkanes of at least 4 members (excludes halogenated alkanes) is 1. The van der Waals surface area contributed by atoms with Gasteiger partial charge in [0.1, 0.15) is 0 Å². The quantitative estimate of drug-likeness (QED) is 0.166. The minimum Gasteiger partial charge on any atom is -0.508 e. The summed E-state index contributed by atoms with van der Waals surface area (Å²) in [5.74, 6) is 0. The Hall–Kier alpha value is -4.18. The fourth-order valence-corrected chi connectivity index (χ4v) is 5.70. The van der Waals surface area contributed by atoms with Gasteiger partial charge in [0.2, 0.25) is 0 Å². The van der Waals surface area contributed by atoms with Gasteiger partial charge in [0, 0.05) is 28.0 Å². The van der Waals surface area contributed by atoms with Gasteiger partial charge in [-0.15, -0.1) is 53.0 Å². The first-order chi connectivity index (χ1) is 20.2. The normalized spacial score (nSPS) is 12.8. The molecule has 0 spiro atoms. The summed E-state index contributed by atoms with van der Waals surface area (Å²) in [6.45, 7) is 7.49. The molecule has 0 bridgehead atoms. The van der Waals surface area contributed by atoms with Gasteiger partial charge in [-0.3, -0.25) is 0 Å². The molecule has 0 saturated carbocycles. The minimum absolute atomic E-state index is 0. The summed E-state index contributed by atoms with van der Waals surface area (Å²) >= 11 is 0. The molecular formula is C37H31IrN4. The smallest absolute Gasteiger partial charge is 0.508 e. The molecule has 0 fully saturated rings. The summed E-state index contributed by atoms with van der Waals surface area (Å²) in [6.07, 6.45) is 8.55. The number of aryl methyl sites for hydroxylation is 1. The van der Waals surface area contributed by atoms with E-state index in [1.54, 1.807) is 0 Å². The number of benzene rings is 4. The molecular weight excluding hydrogens is 693 g/mol. The van der Waals surface area contributed by atoms with Crippen molar-refractivity contribution in [3.63, 3.8) is 0 Å². The molecule has 1 aliphatic heterocycles. The first-order valence-electron chi connectivity index (χ1n) is 14.3. The van der Waals surface area contributed by atoms with E-state index >= 15 is 0 Å². The number of pyridine rings is 1. The third-order valence-electron chi connectivity index (χ3n) is 7.78. The van der Waals surface area contributed by atoms with Crippen molar-refractivity contribution >= 4 is 43.8 Å². The summed E-state index contributed by atoms with van der Waals surface area (Å²) in [5.41, 5.74) is 8.09. The SMILES string of the molecule is CCCCN1C=CN(c2[c-]cc3c(c2)c2cccc4c5ccccc5n3c24)[CH-]1.Cc1ccc(-c2[c-]cccc2)nc1.[Ir+3]. The molecule has 3 aromatic heterocycles. The molecule has 5 heteroatoms. The van der Waals surface area contributed by atoms with Crippen molar-refractivity contribution in [1.29, 1.82) is 0 Å². The first kappa shape index (κ1) is 28.0. The molecule has 0 aliphatic carbocycles. The Bertz CT molecular complexity index is 1980. The van der Waals surface area contributed by atoms with Crippen LogP contribution in [-0.2, 0) is 20.1 Å². The van der Waals surface area contributed by atoms with Crippen molar-refractivity contribution in [3.05, 3.63) is 134 Å². The first-order valence-corrected chi connectivity index (χ1v) is 14.3. The molecule has 4 heterocycles. The Kier molecular flexibility index (Phi) is 7.97. The standard InChI is InChI=1S/C25H21N3.C12H10N.Ir/c1-2-3-13-26-14-15-27(17-26)18-11-12-24-22(16-18)21-9-6-8-20-19-7-4-5-10-23(19)28(24)25(20)21;1-10-7-8-12(13-9-10)11-5-3-2-4-6-11;/h4-10,12,14-17H,2-3,13H2,1H3;2-5,7-9H,1H3;/q-2;-1;+3. The molecule has 1 aliphatic rings. The van der Waals surface area contributed by atoms with E-state index in [9.17, 15) is 0 Å². The number of nitrogens with zero attached hydrogens (tertiary/aromatic N) is 4. The maximum atomic E-state index is 4.32. The second kappa shape index (κ2) is 12.0. The summed E-state index contributed by atoms with van der Waals surface area (Å²) in [4.78, 5) is 8.74. The van der Waals surface area contributed by atoms with E-state index in [-0.39, 0.29) is 20.1 Å². The van der Waals surface area contributed by atoms with Crippen molar-refractivity contribution in [3.8, 4) is 11.3 Å². The molecule has 0 unspecified atom stereocenters. The van der Waals surface area contributed by atoms with Gasteiger partial charge in [-0.1, -0.05) is 67.4 Å². The number of hydrogen-bond acceptors (Lipinski definition) is 3. The van der Waals surface area contributed by atoms with Crippen molar-refractivity contribution in [2.45, 2.75) is 26.7 Å². The van der Waals surface area contributed by atoms with Crippen LogP contribution in [0.4, 0.5) is 5.69 Å². The zero-order chi connectivity index (χ0) is 27.8. The van der Waals surface area contributed by atoms with Crippen LogP contribution in [0.2, 0.25) is 0 Å². The van der Waals surface area contributed by atoms with Crippen LogP contribution in [0.3, 0.4) is 0 Å². The van der Waals surface area contributed by atoms with Gasteiger partial charge in [-0.05, 0) is 55.0 Å². The monoisotopic (exact) mass is 724 g/mol. The van der Waals surface area contributed by atoms with Crippen molar-refractivity contribution < 1.29 is 20.1 Å². The Labute approximate surface area is 260 Å². The second-order valence-electron chi connectivity index (χ2n) is 10.6. The van der Waals surface area contributed by atoms with E-state index in [1.807, 2.05) is 43.5 Å². The van der Waals surface area contributed by atoms with Gasteiger partial charge in [0.15, 0.2) is 0 Å². The van der Waals surface area contributed by atoms with Crippen LogP contribution in [0.15, 0.2) is 110 Å². The summed E-state index contributed by atoms with van der Waals surface area (Å²) in [5, 5.41) is 5.24. The van der Waals surface area contributed by atoms with E-state index in [4.69, 9.17) is 0 Å². The minimum atomic E-state index is 0. The average molecular weight is 724 g/mol. The fourth-order valence-electron chi connectivity index (χ4n) is 5.70. The Morgan fingerprint density at radius 1 is 0.810 bits per heavy atom. The summed E-state index contributed by atoms with van der Waals surface area (Å²) in [7, 11) is 0. The van der Waals surface area contributed by atoms with E-state index < -0.39 is 0 Å². The predicted octanol–water partition coefficient (Wildman–Crippen LogP) is 9.00. The number of anilines is 1. The van der Waals surface area contributed by atoms with E-state index in [2.05, 4.69) is 118 Å². The molecule has 42 heavy (non-hydrogen) atoms. The van der Waals surface area contributed by atoms with Crippen LogP contribution in [0, 0.1) is 25.7 Å². The van der Waals surface area contributed by atoms with Crippen molar-refractivity contribution in [1.82, 2.24) is 14.3 Å². The van der Waals surface area contributed by atoms with Gasteiger partial charge in [0.05, 0.1) is 0 Å². The van der Waals surface area contributed by atoms with Crippen molar-refractivity contribution in [2.75, 3.05) is 11.4 Å². The molecule has 0 N–H and O–H groups in total. The van der Waals surface area contributed by atoms with Crippen LogP contribution < -0.4 is 4.90 Å². The third kappa shape index (κ3) is 5.04. The van der Waals surface area contributed by atoms with Crippen LogP contribution in [0.1, 0.15) is 25.3 Å². The molecule has 208 valence electrons. The zero-order valence-corrected chi connectivity index (χ0v) is 26.1. The molecule has 4 aromatic carbocycles. The van der Waals surface area contributed by atoms with Gasteiger partial charge in [-0.2, -0.15) is 18.8 Å². The third-order valence-corrected chi connectivity index (χ3v) is 7.78. The van der Waals surface area contributed by atoms with E-state index in [1.165, 1.54) is 56.5 Å². The van der Waals surface area contributed by atoms with E-state index in [0.29, 0.717) is 0 Å². The second-order valence-corrected chi connectivity index (χ2v) is 10.6. The summed E-state index contributed by atoms with van der Waals surface area (Å²) < 4.78 is 2.40. The van der Waals surface area contributed by atoms with Crippen LogP contribution in [0.5, 0.6) is 0 Å². The van der Waals surface area contributed by atoms with Crippen LogP contribution in [0.25, 0.3) is 49.4 Å². The van der Waals surface area contributed by atoms with Crippen molar-refractivity contribution in [2.24, 2.45) is 0 Å². The number of aromatic nitrogens is 2. The number of fused-ring (bicyclic) bond motifs is 6. The zero-order valence-electron chi connectivity index (χ0n) is 23.7. The Morgan fingerprint density at radius 2 is 1.62 bits per heavy atom. The molecule has 8 rings (SSSR count). The fraction of sp³-hybridized carbons (Fsp3) is 0.135. The Balaban J connectivity index is 0.000000191. The predicted molar refractivity (Wildman–Crippen MR) is 171 cm³/mol. The molecule has 4 nitrogen and oxygen atoms in total. The summed E-state index contributed by atoms with van der Waals surface area (Å²) in [6, 6.07) is 38.3. The van der Waals surface area contributed by atoms with Gasteiger partial charge in [0.25, 0.3) is 0 Å². The largest absolute Gasteiger partial charge is 3.00 e. The number of para-hydroxylation sites is 2. The van der Waals surface area contributed by atoms with Gasteiger partial charge < -0.3 is 19.2 Å². The topological polar surface area (TPSA) is 23.8 Å². The number of hydrogen-bond donors (Lipinski definition) is 0. The van der Waals surface area contributed by atoms with Crippen LogP contribution >= 0.6 is 0 Å². The average Bonchev–Trinajstić information content (AvgIpc) is 3.73. The molecule has 0 atom stereocenters. The molecule has 0 radical (unpaired) electrons. The van der Waals surface area contributed by atoms with Gasteiger partial charge >= 0.3 is 20.1 Å². The molecule has 0 saturated heterocycles. The maximum absolute atomic E-state index is 4.32. The molecule has 0 amide bonds. The van der Waals surface area contributed by atoms with Gasteiger partial charge in [-0.25, -0.2) is 0 Å². The maximum Gasteiger partial charge on any atom is 3.00 e. The van der Waals surface area contributed by atoms with E-state index in [0.717, 1.165) is 23.5 Å². The molecule has 7 aromatic rings. The Morgan fingerprint density at radius 3 is 2.40 bits per heavy atom.